The van der Waals surface area contributed by atoms with E-state index >= 15 is 0 Å². The van der Waals surface area contributed by atoms with Crippen molar-refractivity contribution >= 4 is 0 Å². The third-order valence-electron chi connectivity index (χ3n) is 11.9. The third-order valence-corrected chi connectivity index (χ3v) is 11.9. The Bertz CT molecular complexity index is 1000. The summed E-state index contributed by atoms with van der Waals surface area (Å²) in [5, 5.41) is 0. The molecule has 234 valence electrons. The van der Waals surface area contributed by atoms with Crippen LogP contribution < -0.4 is 0 Å². The number of ether oxygens (including phenoxy) is 4. The monoisotopic (exact) mass is 570 g/mol. The molecule has 4 heteroatoms. The Morgan fingerprint density at radius 1 is 0.927 bits per heavy atom. The second-order valence-electron chi connectivity index (χ2n) is 14.9. The molecule has 4 nitrogen and oxygen atoms in total. The summed E-state index contributed by atoms with van der Waals surface area (Å²) in [6, 6.07) is 0. The van der Waals surface area contributed by atoms with Crippen LogP contribution in [0, 0.1) is 34.0 Å². The molecule has 41 heavy (non-hydrogen) atoms. The van der Waals surface area contributed by atoms with Crippen molar-refractivity contribution in [1.82, 2.24) is 0 Å². The number of hydrogen-bond donors (Lipinski definition) is 0. The molecule has 4 aliphatic rings. The van der Waals surface area contributed by atoms with Gasteiger partial charge in [-0.25, -0.2) is 0 Å². The van der Waals surface area contributed by atoms with Crippen molar-refractivity contribution in [2.24, 2.45) is 34.0 Å². The van der Waals surface area contributed by atoms with Gasteiger partial charge in [0.1, 0.15) is 0 Å². The van der Waals surface area contributed by atoms with Gasteiger partial charge in [-0.05, 0) is 138 Å². The minimum Gasteiger partial charge on any atom is -0.353 e. The Kier molecular flexibility index (Phi) is 10.4. The zero-order chi connectivity index (χ0) is 30.2. The van der Waals surface area contributed by atoms with Crippen molar-refractivity contribution in [3.05, 3.63) is 34.4 Å². The average molecular weight is 571 g/mol. The maximum atomic E-state index is 6.59. The van der Waals surface area contributed by atoms with Gasteiger partial charge in [0.2, 0.25) is 0 Å². The van der Waals surface area contributed by atoms with Crippen molar-refractivity contribution in [2.75, 3.05) is 13.2 Å². The summed E-state index contributed by atoms with van der Waals surface area (Å²) >= 11 is 0. The van der Waals surface area contributed by atoms with Crippen LogP contribution in [0.5, 0.6) is 0 Å². The minimum absolute atomic E-state index is 0.130. The normalized spacial score (nSPS) is 35.5. The average Bonchev–Trinajstić information content (AvgIpc) is 3.25. The highest BCUT2D eigenvalue weighted by Gasteiger charge is 2.58. The molecule has 0 bridgehead atoms. The van der Waals surface area contributed by atoms with Crippen molar-refractivity contribution < 1.29 is 18.9 Å². The van der Waals surface area contributed by atoms with Gasteiger partial charge in [0.25, 0.3) is 0 Å². The molecule has 4 rings (SSSR count). The Morgan fingerprint density at radius 3 is 2.27 bits per heavy atom. The largest absolute Gasteiger partial charge is 0.353 e. The number of rotatable bonds is 12. The van der Waals surface area contributed by atoms with Gasteiger partial charge in [-0.1, -0.05) is 57.9 Å². The molecule has 9 atom stereocenters. The van der Waals surface area contributed by atoms with Crippen LogP contribution in [-0.2, 0) is 18.9 Å². The molecule has 0 aliphatic heterocycles. The summed E-state index contributed by atoms with van der Waals surface area (Å²) in [5.74, 6) is 1.70. The highest BCUT2D eigenvalue weighted by Crippen LogP contribution is 2.67. The topological polar surface area (TPSA) is 36.9 Å². The molecular weight excluding hydrogens is 508 g/mol. The van der Waals surface area contributed by atoms with E-state index in [1.807, 2.05) is 6.92 Å². The lowest BCUT2D eigenvalue weighted by Crippen LogP contribution is -2.54. The zero-order valence-electron chi connectivity index (χ0n) is 28.4. The molecule has 1 saturated carbocycles. The summed E-state index contributed by atoms with van der Waals surface area (Å²) < 4.78 is 24.7. The molecule has 0 heterocycles. The second-order valence-corrected chi connectivity index (χ2v) is 14.9. The van der Waals surface area contributed by atoms with Crippen molar-refractivity contribution in [3.8, 4) is 0 Å². The molecule has 0 radical (unpaired) electrons. The van der Waals surface area contributed by atoms with Crippen LogP contribution >= 0.6 is 0 Å². The van der Waals surface area contributed by atoms with Crippen molar-refractivity contribution in [1.29, 1.82) is 0 Å². The fourth-order valence-corrected chi connectivity index (χ4v) is 9.77. The summed E-state index contributed by atoms with van der Waals surface area (Å²) in [4.78, 5) is 0. The van der Waals surface area contributed by atoms with Crippen LogP contribution in [0.15, 0.2) is 34.4 Å². The highest BCUT2D eigenvalue weighted by molar-refractivity contribution is 5.50. The van der Waals surface area contributed by atoms with Crippen LogP contribution in [0.2, 0.25) is 0 Å². The van der Waals surface area contributed by atoms with Gasteiger partial charge in [-0.2, -0.15) is 0 Å². The SMILES string of the molecule is CCOC(C)O[C@H]1CC[C@]2(C)C3=C(CC[C@H]2C1(C)C)C1=CC[C@H]([C@H](C)[C@@H](CC=C(C)C)OC(C)OCC)[C@@]1(C)CC3. The molecule has 0 N–H and O–H groups in total. The van der Waals surface area contributed by atoms with Crippen molar-refractivity contribution in [2.45, 2.75) is 152 Å². The molecule has 0 amide bonds. The number of allylic oxidation sites excluding steroid dienone is 5. The van der Waals surface area contributed by atoms with E-state index in [-0.39, 0.29) is 41.0 Å². The lowest BCUT2D eigenvalue weighted by Gasteiger charge is -2.60. The first kappa shape index (κ1) is 33.0. The molecule has 0 aromatic carbocycles. The molecule has 4 aliphatic carbocycles. The first-order valence-electron chi connectivity index (χ1n) is 16.9. The van der Waals surface area contributed by atoms with Crippen LogP contribution in [0.1, 0.15) is 128 Å². The van der Waals surface area contributed by atoms with Gasteiger partial charge >= 0.3 is 0 Å². The zero-order valence-corrected chi connectivity index (χ0v) is 28.4. The van der Waals surface area contributed by atoms with E-state index in [0.29, 0.717) is 31.0 Å². The van der Waals surface area contributed by atoms with Crippen LogP contribution in [0.25, 0.3) is 0 Å². The van der Waals surface area contributed by atoms with Gasteiger partial charge < -0.3 is 18.9 Å². The molecule has 0 aromatic rings. The Morgan fingerprint density at radius 2 is 1.61 bits per heavy atom. The van der Waals surface area contributed by atoms with E-state index in [0.717, 1.165) is 12.8 Å². The molecule has 0 saturated heterocycles. The predicted molar refractivity (Wildman–Crippen MR) is 170 cm³/mol. The van der Waals surface area contributed by atoms with Crippen molar-refractivity contribution in [3.63, 3.8) is 0 Å². The minimum atomic E-state index is -0.172. The number of fused-ring (bicyclic) bond motifs is 4. The van der Waals surface area contributed by atoms with Gasteiger partial charge in [-0.3, -0.25) is 0 Å². The summed E-state index contributed by atoms with van der Waals surface area (Å²) in [6.07, 6.45) is 14.6. The van der Waals surface area contributed by atoms with E-state index in [1.165, 1.54) is 44.1 Å². The molecule has 1 fully saturated rings. The number of hydrogen-bond acceptors (Lipinski definition) is 4. The predicted octanol–water partition coefficient (Wildman–Crippen LogP) is 9.79. The van der Waals surface area contributed by atoms with E-state index in [2.05, 4.69) is 81.4 Å². The molecule has 0 spiro atoms. The summed E-state index contributed by atoms with van der Waals surface area (Å²) in [6.45, 7) is 26.6. The fourth-order valence-electron chi connectivity index (χ4n) is 9.77. The second kappa shape index (κ2) is 13.0. The highest BCUT2D eigenvalue weighted by atomic mass is 16.7. The van der Waals surface area contributed by atoms with Gasteiger partial charge in [0.15, 0.2) is 12.6 Å². The van der Waals surface area contributed by atoms with E-state index in [9.17, 15) is 0 Å². The molecule has 2 unspecified atom stereocenters. The van der Waals surface area contributed by atoms with Crippen LogP contribution in [-0.4, -0.2) is 38.0 Å². The third kappa shape index (κ3) is 6.33. The molecule has 0 aromatic heterocycles. The standard InChI is InChI=1S/C37H62O4/c1-12-38-26(6)40-32(18-14-24(3)4)25(5)29-16-17-30-28-15-19-33-35(8,9)34(41-27(7)39-13-2)21-23-37(33,11)31(28)20-22-36(29,30)10/h14,17,25-27,29,32-34H,12-13,15-16,18-23H2,1-11H3/t25-,26?,27?,29+,32+,33-,34-,36+,37+/m0/s1. The van der Waals surface area contributed by atoms with Gasteiger partial charge in [0, 0.05) is 13.2 Å². The summed E-state index contributed by atoms with van der Waals surface area (Å²) in [5.41, 5.74) is 7.19. The maximum Gasteiger partial charge on any atom is 0.155 e. The van der Waals surface area contributed by atoms with Crippen LogP contribution in [0.4, 0.5) is 0 Å². The Labute approximate surface area is 252 Å². The van der Waals surface area contributed by atoms with E-state index in [1.54, 1.807) is 16.7 Å². The maximum absolute atomic E-state index is 6.59. The first-order chi connectivity index (χ1) is 19.3. The lowest BCUT2D eigenvalue weighted by atomic mass is 9.46. The van der Waals surface area contributed by atoms with E-state index in [4.69, 9.17) is 18.9 Å². The van der Waals surface area contributed by atoms with Gasteiger partial charge in [-0.15, -0.1) is 0 Å². The Balaban J connectivity index is 1.57. The first-order valence-corrected chi connectivity index (χ1v) is 16.9. The Hall–Kier alpha value is -0.940. The van der Waals surface area contributed by atoms with E-state index < -0.39 is 0 Å². The fraction of sp³-hybridized carbons (Fsp3) is 0.838. The summed E-state index contributed by atoms with van der Waals surface area (Å²) in [7, 11) is 0. The smallest absolute Gasteiger partial charge is 0.155 e. The van der Waals surface area contributed by atoms with Crippen LogP contribution in [0.3, 0.4) is 0 Å². The quantitative estimate of drug-likeness (QED) is 0.173. The lowest BCUT2D eigenvalue weighted by molar-refractivity contribution is -0.214. The van der Waals surface area contributed by atoms with Gasteiger partial charge in [0.05, 0.1) is 12.2 Å². The molecular formula is C37H62O4.